The number of pyridine rings is 1. The fourth-order valence-corrected chi connectivity index (χ4v) is 1.62. The summed E-state index contributed by atoms with van der Waals surface area (Å²) in [6.45, 7) is 0. The summed E-state index contributed by atoms with van der Waals surface area (Å²) in [6, 6.07) is 4.10. The molecule has 6 heteroatoms. The zero-order valence-electron chi connectivity index (χ0n) is 9.00. The van der Waals surface area contributed by atoms with Gasteiger partial charge in [0.05, 0.1) is 5.56 Å². The molecule has 2 aromatic rings. The lowest BCUT2D eigenvalue weighted by atomic mass is 10.00. The van der Waals surface area contributed by atoms with E-state index in [0.717, 1.165) is 30.6 Å². The Morgan fingerprint density at radius 1 is 1.06 bits per heavy atom. The summed E-state index contributed by atoms with van der Waals surface area (Å²) < 4.78 is 51.5. The van der Waals surface area contributed by atoms with Crippen molar-refractivity contribution >= 4 is 5.69 Å². The number of alkyl halides is 3. The van der Waals surface area contributed by atoms with Gasteiger partial charge in [-0.1, -0.05) is 0 Å². The number of aromatic nitrogens is 1. The van der Waals surface area contributed by atoms with E-state index in [1.165, 1.54) is 6.07 Å². The smallest absolute Gasteiger partial charge is 0.398 e. The minimum absolute atomic E-state index is 0.0181. The Bertz CT molecular complexity index is 579. The van der Waals surface area contributed by atoms with Crippen molar-refractivity contribution in [1.29, 1.82) is 0 Å². The summed E-state index contributed by atoms with van der Waals surface area (Å²) in [5, 5.41) is 0. The van der Waals surface area contributed by atoms with Crippen LogP contribution in [0.25, 0.3) is 11.1 Å². The maximum absolute atomic E-state index is 13.1. The zero-order chi connectivity index (χ0) is 13.3. The summed E-state index contributed by atoms with van der Waals surface area (Å²) in [5.74, 6) is -0.656. The molecule has 2 nitrogen and oxygen atoms in total. The van der Waals surface area contributed by atoms with Gasteiger partial charge in [0, 0.05) is 29.2 Å². The van der Waals surface area contributed by atoms with Crippen molar-refractivity contribution in [2.45, 2.75) is 6.18 Å². The fraction of sp³-hybridized carbons (Fsp3) is 0.0833. The number of rotatable bonds is 1. The van der Waals surface area contributed by atoms with E-state index in [1.807, 2.05) is 0 Å². The second kappa shape index (κ2) is 4.29. The first-order valence-corrected chi connectivity index (χ1v) is 4.96. The normalized spacial score (nSPS) is 11.6. The first-order valence-electron chi connectivity index (χ1n) is 4.96. The van der Waals surface area contributed by atoms with Crippen LogP contribution in [0.4, 0.5) is 23.2 Å². The molecule has 0 saturated heterocycles. The Morgan fingerprint density at radius 3 is 2.44 bits per heavy atom. The molecule has 1 heterocycles. The number of hydrogen-bond donors (Lipinski definition) is 1. The highest BCUT2D eigenvalue weighted by Crippen LogP contribution is 2.38. The van der Waals surface area contributed by atoms with Crippen LogP contribution < -0.4 is 5.73 Å². The summed E-state index contributed by atoms with van der Waals surface area (Å²) in [6.07, 6.45) is -2.49. The van der Waals surface area contributed by atoms with Crippen LogP contribution in [0.5, 0.6) is 0 Å². The minimum atomic E-state index is -4.54. The first kappa shape index (κ1) is 12.3. The third kappa shape index (κ3) is 2.27. The highest BCUT2D eigenvalue weighted by Gasteiger charge is 2.34. The molecule has 0 aliphatic heterocycles. The molecule has 2 N–H and O–H groups in total. The van der Waals surface area contributed by atoms with Gasteiger partial charge < -0.3 is 5.73 Å². The second-order valence-corrected chi connectivity index (χ2v) is 3.65. The van der Waals surface area contributed by atoms with Gasteiger partial charge in [0.2, 0.25) is 0 Å². The van der Waals surface area contributed by atoms with Crippen LogP contribution in [0.1, 0.15) is 5.56 Å². The van der Waals surface area contributed by atoms with Gasteiger partial charge in [-0.2, -0.15) is 13.2 Å². The SMILES string of the molecule is Nc1ccc(F)cc1-c1cnccc1C(F)(F)F. The predicted molar refractivity (Wildman–Crippen MR) is 59.0 cm³/mol. The third-order valence-corrected chi connectivity index (χ3v) is 2.43. The van der Waals surface area contributed by atoms with Gasteiger partial charge >= 0.3 is 6.18 Å². The number of nitrogen functional groups attached to an aromatic ring is 1. The van der Waals surface area contributed by atoms with E-state index >= 15 is 0 Å². The average Bonchev–Trinajstić information content (AvgIpc) is 2.31. The molecule has 0 radical (unpaired) electrons. The van der Waals surface area contributed by atoms with Crippen molar-refractivity contribution in [2.75, 3.05) is 5.73 Å². The van der Waals surface area contributed by atoms with Crippen molar-refractivity contribution in [1.82, 2.24) is 4.98 Å². The first-order chi connectivity index (χ1) is 8.39. The molecule has 0 amide bonds. The fourth-order valence-electron chi connectivity index (χ4n) is 1.62. The van der Waals surface area contributed by atoms with E-state index in [-0.39, 0.29) is 16.8 Å². The summed E-state index contributed by atoms with van der Waals surface area (Å²) >= 11 is 0. The summed E-state index contributed by atoms with van der Waals surface area (Å²) in [7, 11) is 0. The van der Waals surface area contributed by atoms with Gasteiger partial charge in [0.25, 0.3) is 0 Å². The molecule has 0 spiro atoms. The second-order valence-electron chi connectivity index (χ2n) is 3.65. The van der Waals surface area contributed by atoms with Gasteiger partial charge in [-0.25, -0.2) is 4.39 Å². The molecule has 1 aromatic carbocycles. The van der Waals surface area contributed by atoms with Crippen LogP contribution in [0.2, 0.25) is 0 Å². The number of hydrogen-bond acceptors (Lipinski definition) is 2. The Hall–Kier alpha value is -2.11. The van der Waals surface area contributed by atoms with Gasteiger partial charge in [-0.3, -0.25) is 4.98 Å². The number of benzene rings is 1. The molecular weight excluding hydrogens is 248 g/mol. The van der Waals surface area contributed by atoms with Gasteiger partial charge in [0.15, 0.2) is 0 Å². The van der Waals surface area contributed by atoms with Gasteiger partial charge in [-0.05, 0) is 24.3 Å². The van der Waals surface area contributed by atoms with Crippen molar-refractivity contribution < 1.29 is 17.6 Å². The average molecular weight is 256 g/mol. The van der Waals surface area contributed by atoms with E-state index in [9.17, 15) is 17.6 Å². The highest BCUT2D eigenvalue weighted by molar-refractivity contribution is 5.78. The predicted octanol–water partition coefficient (Wildman–Crippen LogP) is 3.49. The molecule has 0 saturated carbocycles. The minimum Gasteiger partial charge on any atom is -0.398 e. The van der Waals surface area contributed by atoms with Crippen molar-refractivity contribution in [2.24, 2.45) is 0 Å². The monoisotopic (exact) mass is 256 g/mol. The molecule has 2 rings (SSSR count). The largest absolute Gasteiger partial charge is 0.417 e. The molecule has 0 unspecified atom stereocenters. The maximum atomic E-state index is 13.1. The van der Waals surface area contributed by atoms with Crippen LogP contribution >= 0.6 is 0 Å². The molecule has 0 aliphatic rings. The number of nitrogens with two attached hydrogens (primary N) is 1. The molecule has 0 aliphatic carbocycles. The van der Waals surface area contributed by atoms with Crippen LogP contribution in [0, 0.1) is 5.82 Å². The number of anilines is 1. The number of nitrogens with zero attached hydrogens (tertiary/aromatic N) is 1. The lowest BCUT2D eigenvalue weighted by molar-refractivity contribution is -0.137. The van der Waals surface area contributed by atoms with Crippen molar-refractivity contribution in [3.8, 4) is 11.1 Å². The van der Waals surface area contributed by atoms with E-state index < -0.39 is 17.6 Å². The Balaban J connectivity index is 2.68. The molecule has 0 atom stereocenters. The Labute approximate surface area is 100 Å². The topological polar surface area (TPSA) is 38.9 Å². The van der Waals surface area contributed by atoms with E-state index in [4.69, 9.17) is 5.73 Å². The Morgan fingerprint density at radius 2 is 1.78 bits per heavy atom. The highest BCUT2D eigenvalue weighted by atomic mass is 19.4. The molecular formula is C12H8F4N2. The molecule has 0 fully saturated rings. The maximum Gasteiger partial charge on any atom is 0.417 e. The van der Waals surface area contributed by atoms with Gasteiger partial charge in [-0.15, -0.1) is 0 Å². The summed E-state index contributed by atoms with van der Waals surface area (Å²) in [5.41, 5.74) is 4.49. The lowest BCUT2D eigenvalue weighted by Gasteiger charge is -2.13. The van der Waals surface area contributed by atoms with Gasteiger partial charge in [0.1, 0.15) is 5.82 Å². The molecule has 1 aromatic heterocycles. The quantitative estimate of drug-likeness (QED) is 0.626. The molecule has 18 heavy (non-hydrogen) atoms. The molecule has 94 valence electrons. The standard InChI is InChI=1S/C12H8F4N2/c13-7-1-2-11(17)8(5-7)9-6-18-4-3-10(9)12(14,15)16/h1-6H,17H2. The van der Waals surface area contributed by atoms with Crippen LogP contribution in [0.15, 0.2) is 36.7 Å². The third-order valence-electron chi connectivity index (χ3n) is 2.43. The Kier molecular flexibility index (Phi) is 2.94. The number of halogens is 4. The van der Waals surface area contributed by atoms with Crippen LogP contribution in [0.3, 0.4) is 0 Å². The van der Waals surface area contributed by atoms with Crippen LogP contribution in [-0.4, -0.2) is 4.98 Å². The van der Waals surface area contributed by atoms with E-state index in [1.54, 1.807) is 0 Å². The van der Waals surface area contributed by atoms with Crippen molar-refractivity contribution in [3.63, 3.8) is 0 Å². The van der Waals surface area contributed by atoms with E-state index in [2.05, 4.69) is 4.98 Å². The van der Waals surface area contributed by atoms with Crippen molar-refractivity contribution in [3.05, 3.63) is 48.0 Å². The van der Waals surface area contributed by atoms with E-state index in [0.29, 0.717) is 0 Å². The summed E-state index contributed by atoms with van der Waals surface area (Å²) in [4.78, 5) is 3.63. The van der Waals surface area contributed by atoms with Crippen LogP contribution in [-0.2, 0) is 6.18 Å². The zero-order valence-corrected chi connectivity index (χ0v) is 9.00. The molecule has 0 bridgehead atoms. The lowest BCUT2D eigenvalue weighted by Crippen LogP contribution is -2.08.